The van der Waals surface area contributed by atoms with Crippen LogP contribution in [0.5, 0.6) is 0 Å². The molecular weight excluding hydrogens is 325 g/mol. The smallest absolute Gasteiger partial charge is 0.143 e. The lowest BCUT2D eigenvalue weighted by Crippen LogP contribution is -2.09. The van der Waals surface area contributed by atoms with Crippen molar-refractivity contribution in [2.45, 2.75) is 45.4 Å². The zero-order valence-corrected chi connectivity index (χ0v) is 12.7. The largest absolute Gasteiger partial charge is 0.369 e. The first kappa shape index (κ1) is 13.1. The van der Waals surface area contributed by atoms with Gasteiger partial charge in [-0.1, -0.05) is 13.8 Å². The number of nitrogens with zero attached hydrogens (tertiary/aromatic N) is 2. The van der Waals surface area contributed by atoms with Crippen molar-refractivity contribution in [1.82, 2.24) is 9.97 Å². The topological polar surface area (TPSA) is 37.8 Å². The van der Waals surface area contributed by atoms with E-state index in [9.17, 15) is 0 Å². The molecule has 2 rings (SSSR count). The fourth-order valence-electron chi connectivity index (χ4n) is 2.39. The van der Waals surface area contributed by atoms with Gasteiger partial charge in [-0.2, -0.15) is 0 Å². The summed E-state index contributed by atoms with van der Waals surface area (Å²) in [5.41, 5.74) is 0. The van der Waals surface area contributed by atoms with Gasteiger partial charge in [0, 0.05) is 18.7 Å². The Hall–Kier alpha value is -0.390. The second-order valence-corrected chi connectivity index (χ2v) is 6.13. The van der Waals surface area contributed by atoms with Gasteiger partial charge in [0.05, 0.1) is 3.57 Å². The lowest BCUT2D eigenvalue weighted by molar-refractivity contribution is 0.585. The van der Waals surface area contributed by atoms with E-state index in [0.717, 1.165) is 34.1 Å². The first-order chi connectivity index (χ1) is 8.20. The van der Waals surface area contributed by atoms with Gasteiger partial charge < -0.3 is 5.32 Å². The molecular formula is C13H20IN3. The molecule has 0 aromatic carbocycles. The van der Waals surface area contributed by atoms with Gasteiger partial charge in [-0.15, -0.1) is 0 Å². The molecule has 94 valence electrons. The van der Waals surface area contributed by atoms with E-state index in [1.54, 1.807) is 0 Å². The summed E-state index contributed by atoms with van der Waals surface area (Å²) in [7, 11) is 0. The maximum atomic E-state index is 4.70. The minimum Gasteiger partial charge on any atom is -0.369 e. The number of rotatable bonds is 4. The maximum Gasteiger partial charge on any atom is 0.143 e. The molecule has 3 nitrogen and oxygen atoms in total. The zero-order valence-electron chi connectivity index (χ0n) is 10.5. The Kier molecular flexibility index (Phi) is 4.59. The van der Waals surface area contributed by atoms with E-state index >= 15 is 0 Å². The van der Waals surface area contributed by atoms with Gasteiger partial charge in [-0.25, -0.2) is 9.97 Å². The molecule has 2 unspecified atom stereocenters. The van der Waals surface area contributed by atoms with Gasteiger partial charge in [-0.05, 0) is 54.2 Å². The zero-order chi connectivity index (χ0) is 12.3. The third-order valence-electron chi connectivity index (χ3n) is 3.37. The van der Waals surface area contributed by atoms with Crippen LogP contribution in [0, 0.1) is 9.49 Å². The average Bonchev–Trinajstić information content (AvgIpc) is 2.75. The first-order valence-corrected chi connectivity index (χ1v) is 7.55. The molecule has 0 spiro atoms. The van der Waals surface area contributed by atoms with E-state index in [2.05, 4.69) is 46.7 Å². The molecule has 2 atom stereocenters. The van der Waals surface area contributed by atoms with Crippen LogP contribution in [0.1, 0.15) is 51.3 Å². The van der Waals surface area contributed by atoms with Crippen LogP contribution in [0.4, 0.5) is 5.82 Å². The van der Waals surface area contributed by atoms with E-state index in [-0.39, 0.29) is 0 Å². The van der Waals surface area contributed by atoms with Crippen LogP contribution in [-0.4, -0.2) is 16.5 Å². The maximum absolute atomic E-state index is 4.70. The van der Waals surface area contributed by atoms with Gasteiger partial charge in [0.2, 0.25) is 0 Å². The lowest BCUT2D eigenvalue weighted by Gasteiger charge is -2.12. The van der Waals surface area contributed by atoms with E-state index in [1.807, 2.05) is 6.20 Å². The number of halogens is 1. The predicted molar refractivity (Wildman–Crippen MR) is 79.3 cm³/mol. The Balaban J connectivity index is 2.12. The second-order valence-electron chi connectivity index (χ2n) is 4.97. The van der Waals surface area contributed by atoms with Crippen LogP contribution in [-0.2, 0) is 0 Å². The molecule has 4 heteroatoms. The van der Waals surface area contributed by atoms with Gasteiger partial charge in [-0.3, -0.25) is 0 Å². The van der Waals surface area contributed by atoms with Crippen molar-refractivity contribution >= 4 is 28.4 Å². The number of anilines is 1. The molecule has 1 N–H and O–H groups in total. The minimum absolute atomic E-state index is 0.573. The Morgan fingerprint density at radius 2 is 2.29 bits per heavy atom. The Bertz CT molecular complexity index is 381. The van der Waals surface area contributed by atoms with Crippen molar-refractivity contribution in [2.75, 3.05) is 11.9 Å². The van der Waals surface area contributed by atoms with E-state index in [4.69, 9.17) is 4.98 Å². The van der Waals surface area contributed by atoms with Crippen molar-refractivity contribution in [3.05, 3.63) is 15.6 Å². The Labute approximate surface area is 117 Å². The van der Waals surface area contributed by atoms with Crippen LogP contribution >= 0.6 is 22.6 Å². The summed E-state index contributed by atoms with van der Waals surface area (Å²) < 4.78 is 1.12. The van der Waals surface area contributed by atoms with Crippen LogP contribution in [0.3, 0.4) is 0 Å². The van der Waals surface area contributed by atoms with Crippen molar-refractivity contribution in [2.24, 2.45) is 5.92 Å². The molecule has 1 fully saturated rings. The van der Waals surface area contributed by atoms with E-state index < -0.39 is 0 Å². The molecule has 0 aliphatic heterocycles. The summed E-state index contributed by atoms with van der Waals surface area (Å²) in [4.78, 5) is 9.20. The van der Waals surface area contributed by atoms with E-state index in [1.165, 1.54) is 19.3 Å². The summed E-state index contributed by atoms with van der Waals surface area (Å²) in [6, 6.07) is 0. The number of hydrogen-bond donors (Lipinski definition) is 1. The van der Waals surface area contributed by atoms with Crippen LogP contribution in [0.25, 0.3) is 0 Å². The molecule has 17 heavy (non-hydrogen) atoms. The molecule has 1 heterocycles. The monoisotopic (exact) mass is 345 g/mol. The molecule has 1 saturated carbocycles. The highest BCUT2D eigenvalue weighted by Gasteiger charge is 2.25. The minimum atomic E-state index is 0.573. The van der Waals surface area contributed by atoms with Crippen LogP contribution < -0.4 is 5.32 Å². The molecule has 1 aromatic heterocycles. The standard InChI is InChI=1S/C13H20IN3/c1-3-6-15-13-11(14)8-16-12(17-13)10-5-4-9(2)7-10/h8-10H,3-7H2,1-2H3,(H,15,16,17). The van der Waals surface area contributed by atoms with E-state index in [0.29, 0.717) is 5.92 Å². The molecule has 1 aliphatic carbocycles. The first-order valence-electron chi connectivity index (χ1n) is 6.47. The van der Waals surface area contributed by atoms with Crippen molar-refractivity contribution in [3.8, 4) is 0 Å². The van der Waals surface area contributed by atoms with Gasteiger partial charge >= 0.3 is 0 Å². The normalized spacial score (nSPS) is 23.9. The molecule has 0 saturated heterocycles. The van der Waals surface area contributed by atoms with Crippen molar-refractivity contribution < 1.29 is 0 Å². The van der Waals surface area contributed by atoms with Crippen molar-refractivity contribution in [1.29, 1.82) is 0 Å². The second kappa shape index (κ2) is 5.98. The fraction of sp³-hybridized carbons (Fsp3) is 0.692. The quantitative estimate of drug-likeness (QED) is 0.844. The molecule has 0 radical (unpaired) electrons. The predicted octanol–water partition coefficient (Wildman–Crippen LogP) is 3.81. The summed E-state index contributed by atoms with van der Waals surface area (Å²) in [5, 5.41) is 3.38. The molecule has 0 amide bonds. The molecule has 1 aliphatic rings. The Morgan fingerprint density at radius 3 is 2.94 bits per heavy atom. The fourth-order valence-corrected chi connectivity index (χ4v) is 2.84. The third kappa shape index (κ3) is 3.30. The average molecular weight is 345 g/mol. The molecule has 0 bridgehead atoms. The third-order valence-corrected chi connectivity index (χ3v) is 4.15. The SMILES string of the molecule is CCCNc1nc(C2CCC(C)C2)ncc1I. The van der Waals surface area contributed by atoms with Crippen molar-refractivity contribution in [3.63, 3.8) is 0 Å². The van der Waals surface area contributed by atoms with Gasteiger partial charge in [0.25, 0.3) is 0 Å². The highest BCUT2D eigenvalue weighted by atomic mass is 127. The highest BCUT2D eigenvalue weighted by Crippen LogP contribution is 2.36. The summed E-state index contributed by atoms with van der Waals surface area (Å²) in [5.74, 6) is 3.45. The Morgan fingerprint density at radius 1 is 1.47 bits per heavy atom. The van der Waals surface area contributed by atoms with Crippen LogP contribution in [0.15, 0.2) is 6.20 Å². The highest BCUT2D eigenvalue weighted by molar-refractivity contribution is 14.1. The number of aromatic nitrogens is 2. The summed E-state index contributed by atoms with van der Waals surface area (Å²) in [6.45, 7) is 5.47. The number of hydrogen-bond acceptors (Lipinski definition) is 3. The van der Waals surface area contributed by atoms with Gasteiger partial charge in [0.1, 0.15) is 11.6 Å². The van der Waals surface area contributed by atoms with Gasteiger partial charge in [0.15, 0.2) is 0 Å². The summed E-state index contributed by atoms with van der Waals surface area (Å²) in [6.07, 6.45) is 6.88. The lowest BCUT2D eigenvalue weighted by atomic mass is 10.1. The molecule has 1 aromatic rings. The van der Waals surface area contributed by atoms with Crippen LogP contribution in [0.2, 0.25) is 0 Å². The number of nitrogens with one attached hydrogen (secondary N) is 1. The summed E-state index contributed by atoms with van der Waals surface area (Å²) >= 11 is 2.30.